The fourth-order valence-corrected chi connectivity index (χ4v) is 2.93. The maximum atomic E-state index is 5.85. The van der Waals surface area contributed by atoms with Crippen LogP contribution in [0.15, 0.2) is 22.5 Å². The zero-order valence-electron chi connectivity index (χ0n) is 9.28. The van der Waals surface area contributed by atoms with Crippen LogP contribution in [0.3, 0.4) is 0 Å². The monoisotopic (exact) mass is 235 g/mol. The van der Waals surface area contributed by atoms with Crippen LogP contribution in [0.5, 0.6) is 0 Å². The highest BCUT2D eigenvalue weighted by molar-refractivity contribution is 7.09. The highest BCUT2D eigenvalue weighted by Crippen LogP contribution is 2.65. The van der Waals surface area contributed by atoms with Gasteiger partial charge in [-0.15, -0.1) is 11.3 Å². The molecule has 2 aliphatic carbocycles. The van der Waals surface area contributed by atoms with Crippen molar-refractivity contribution in [1.82, 2.24) is 5.32 Å². The average Bonchev–Trinajstić information content (AvgIpc) is 3.10. The number of rotatable bonds is 4. The predicted octanol–water partition coefficient (Wildman–Crippen LogP) is 1.75. The number of aliphatic imine (C=N–C) groups is 1. The molecule has 0 amide bonds. The maximum absolute atomic E-state index is 5.85. The van der Waals surface area contributed by atoms with Gasteiger partial charge in [0, 0.05) is 23.9 Å². The van der Waals surface area contributed by atoms with Crippen molar-refractivity contribution in [3.63, 3.8) is 0 Å². The summed E-state index contributed by atoms with van der Waals surface area (Å²) >= 11 is 1.78. The molecule has 2 fully saturated rings. The Morgan fingerprint density at radius 2 is 2.50 bits per heavy atom. The highest BCUT2D eigenvalue weighted by Gasteiger charge is 2.63. The van der Waals surface area contributed by atoms with Gasteiger partial charge in [0.25, 0.3) is 0 Å². The molecular formula is C12H17N3S. The van der Waals surface area contributed by atoms with Crippen LogP contribution in [0, 0.1) is 5.41 Å². The Morgan fingerprint density at radius 1 is 1.62 bits per heavy atom. The van der Waals surface area contributed by atoms with Crippen LogP contribution < -0.4 is 11.1 Å². The number of nitrogens with zero attached hydrogens (tertiary/aromatic N) is 1. The summed E-state index contributed by atoms with van der Waals surface area (Å²) in [6.45, 7) is 0.791. The van der Waals surface area contributed by atoms with Crippen molar-refractivity contribution in [2.24, 2.45) is 16.1 Å². The molecule has 0 aliphatic heterocycles. The number of thiophene rings is 1. The first kappa shape index (κ1) is 10.1. The van der Waals surface area contributed by atoms with Gasteiger partial charge in [0.05, 0.1) is 0 Å². The second kappa shape index (κ2) is 3.77. The third kappa shape index (κ3) is 2.07. The third-order valence-electron chi connectivity index (χ3n) is 3.62. The Kier molecular flexibility index (Phi) is 2.39. The van der Waals surface area contributed by atoms with Crippen LogP contribution in [0.1, 0.15) is 24.1 Å². The van der Waals surface area contributed by atoms with E-state index in [-0.39, 0.29) is 0 Å². The minimum absolute atomic E-state index is 0.623. The molecule has 1 spiro atoms. The molecule has 0 bridgehead atoms. The number of guanidine groups is 1. The zero-order chi connectivity index (χ0) is 11.0. The van der Waals surface area contributed by atoms with Crippen LogP contribution in [-0.4, -0.2) is 18.5 Å². The number of nitrogens with one attached hydrogen (secondary N) is 1. The SMILES string of the molecule is NC(=NCCc1cccs1)NC1CC12CC2. The fourth-order valence-electron chi connectivity index (χ4n) is 2.23. The molecular weight excluding hydrogens is 218 g/mol. The second-order valence-corrected chi connectivity index (χ2v) is 5.89. The van der Waals surface area contributed by atoms with Crippen LogP contribution in [0.2, 0.25) is 0 Å². The molecule has 1 heterocycles. The van der Waals surface area contributed by atoms with Crippen molar-refractivity contribution < 1.29 is 0 Å². The summed E-state index contributed by atoms with van der Waals surface area (Å²) in [5, 5.41) is 5.42. The van der Waals surface area contributed by atoms with E-state index in [9.17, 15) is 0 Å². The average molecular weight is 235 g/mol. The van der Waals surface area contributed by atoms with Crippen LogP contribution >= 0.6 is 11.3 Å². The van der Waals surface area contributed by atoms with Gasteiger partial charge in [-0.25, -0.2) is 0 Å². The van der Waals surface area contributed by atoms with Gasteiger partial charge >= 0.3 is 0 Å². The predicted molar refractivity (Wildman–Crippen MR) is 67.7 cm³/mol. The van der Waals surface area contributed by atoms with Crippen LogP contribution in [0.4, 0.5) is 0 Å². The Balaban J connectivity index is 1.42. The van der Waals surface area contributed by atoms with Gasteiger partial charge in [-0.3, -0.25) is 4.99 Å². The van der Waals surface area contributed by atoms with Crippen molar-refractivity contribution in [2.75, 3.05) is 6.54 Å². The van der Waals surface area contributed by atoms with Gasteiger partial charge < -0.3 is 11.1 Å². The van der Waals surface area contributed by atoms with Gasteiger partial charge in [-0.1, -0.05) is 6.07 Å². The lowest BCUT2D eigenvalue weighted by molar-refractivity contribution is 0.755. The van der Waals surface area contributed by atoms with E-state index >= 15 is 0 Å². The summed E-state index contributed by atoms with van der Waals surface area (Å²) in [5.74, 6) is 0.630. The normalized spacial score (nSPS) is 25.8. The molecule has 3 nitrogen and oxygen atoms in total. The summed E-state index contributed by atoms with van der Waals surface area (Å²) in [5.41, 5.74) is 6.49. The van der Waals surface area contributed by atoms with E-state index < -0.39 is 0 Å². The minimum Gasteiger partial charge on any atom is -0.370 e. The van der Waals surface area contributed by atoms with Gasteiger partial charge in [0.2, 0.25) is 0 Å². The Labute approximate surface area is 99.8 Å². The molecule has 2 aliphatic rings. The van der Waals surface area contributed by atoms with E-state index in [1.54, 1.807) is 11.3 Å². The molecule has 86 valence electrons. The second-order valence-electron chi connectivity index (χ2n) is 4.86. The molecule has 3 N–H and O–H groups in total. The Morgan fingerprint density at radius 3 is 3.12 bits per heavy atom. The molecule has 0 radical (unpaired) electrons. The number of nitrogens with two attached hydrogens (primary N) is 1. The highest BCUT2D eigenvalue weighted by atomic mass is 32.1. The minimum atomic E-state index is 0.623. The molecule has 1 aromatic rings. The summed E-state index contributed by atoms with van der Waals surface area (Å²) in [4.78, 5) is 5.74. The molecule has 1 unspecified atom stereocenters. The van der Waals surface area contributed by atoms with Gasteiger partial charge in [-0.05, 0) is 36.1 Å². The summed E-state index contributed by atoms with van der Waals surface area (Å²) in [6.07, 6.45) is 5.06. The van der Waals surface area contributed by atoms with Crippen molar-refractivity contribution in [2.45, 2.75) is 31.7 Å². The Hall–Kier alpha value is -1.03. The first-order valence-corrected chi connectivity index (χ1v) is 6.75. The first-order chi connectivity index (χ1) is 7.78. The number of hydrogen-bond donors (Lipinski definition) is 2. The molecule has 3 rings (SSSR count). The van der Waals surface area contributed by atoms with E-state index in [0.717, 1.165) is 13.0 Å². The lowest BCUT2D eigenvalue weighted by atomic mass is 10.3. The molecule has 1 aromatic heterocycles. The van der Waals surface area contributed by atoms with Gasteiger partial charge in [-0.2, -0.15) is 0 Å². The van der Waals surface area contributed by atoms with E-state index in [0.29, 0.717) is 17.4 Å². The van der Waals surface area contributed by atoms with Gasteiger partial charge in [0.1, 0.15) is 0 Å². The largest absolute Gasteiger partial charge is 0.370 e. The van der Waals surface area contributed by atoms with Crippen LogP contribution in [0.25, 0.3) is 0 Å². The van der Waals surface area contributed by atoms with Gasteiger partial charge in [0.15, 0.2) is 5.96 Å². The van der Waals surface area contributed by atoms with E-state index in [1.807, 2.05) is 0 Å². The lowest BCUT2D eigenvalue weighted by Crippen LogP contribution is -2.34. The zero-order valence-corrected chi connectivity index (χ0v) is 10.1. The molecule has 4 heteroatoms. The lowest BCUT2D eigenvalue weighted by Gasteiger charge is -2.03. The standard InChI is InChI=1S/C12H17N3S/c13-11(15-10-8-12(10)4-5-12)14-6-3-9-2-1-7-16-9/h1-2,7,10H,3-6,8H2,(H3,13,14,15). The van der Waals surface area contributed by atoms with Crippen molar-refractivity contribution >= 4 is 17.3 Å². The quantitative estimate of drug-likeness (QED) is 0.617. The summed E-state index contributed by atoms with van der Waals surface area (Å²) < 4.78 is 0. The number of hydrogen-bond acceptors (Lipinski definition) is 2. The van der Waals surface area contributed by atoms with Crippen molar-refractivity contribution in [3.8, 4) is 0 Å². The smallest absolute Gasteiger partial charge is 0.188 e. The van der Waals surface area contributed by atoms with E-state index in [1.165, 1.54) is 24.1 Å². The van der Waals surface area contributed by atoms with Crippen molar-refractivity contribution in [3.05, 3.63) is 22.4 Å². The van der Waals surface area contributed by atoms with E-state index in [4.69, 9.17) is 5.73 Å². The fraction of sp³-hybridized carbons (Fsp3) is 0.583. The topological polar surface area (TPSA) is 50.4 Å². The molecule has 16 heavy (non-hydrogen) atoms. The van der Waals surface area contributed by atoms with Crippen LogP contribution in [-0.2, 0) is 6.42 Å². The summed E-state index contributed by atoms with van der Waals surface area (Å²) in [6, 6.07) is 4.84. The first-order valence-electron chi connectivity index (χ1n) is 5.87. The molecule has 2 saturated carbocycles. The summed E-state index contributed by atoms with van der Waals surface area (Å²) in [7, 11) is 0. The molecule has 0 aromatic carbocycles. The maximum Gasteiger partial charge on any atom is 0.188 e. The van der Waals surface area contributed by atoms with Crippen molar-refractivity contribution in [1.29, 1.82) is 0 Å². The molecule has 0 saturated heterocycles. The third-order valence-corrected chi connectivity index (χ3v) is 4.56. The molecule has 1 atom stereocenters. The Bertz CT molecular complexity index is 392. The van der Waals surface area contributed by atoms with E-state index in [2.05, 4.69) is 27.8 Å².